The van der Waals surface area contributed by atoms with Gasteiger partial charge < -0.3 is 14.9 Å². The predicted molar refractivity (Wildman–Crippen MR) is 88.9 cm³/mol. The van der Waals surface area contributed by atoms with Gasteiger partial charge in [0.15, 0.2) is 0 Å². The molecule has 130 valence electrons. The van der Waals surface area contributed by atoms with Crippen molar-refractivity contribution in [1.29, 1.82) is 0 Å². The third-order valence-corrected chi connectivity index (χ3v) is 4.06. The van der Waals surface area contributed by atoms with E-state index in [0.29, 0.717) is 31.0 Å². The maximum absolute atomic E-state index is 12.0. The van der Waals surface area contributed by atoms with Crippen LogP contribution in [0, 0.1) is 5.92 Å². The number of aryl methyl sites for hydroxylation is 1. The van der Waals surface area contributed by atoms with Crippen molar-refractivity contribution >= 4 is 5.91 Å². The first-order chi connectivity index (χ1) is 11.6. The van der Waals surface area contributed by atoms with Crippen LogP contribution in [-0.4, -0.2) is 38.8 Å². The Labute approximate surface area is 141 Å². The van der Waals surface area contributed by atoms with E-state index in [1.807, 2.05) is 26.0 Å². The Morgan fingerprint density at radius 3 is 2.96 bits per heavy atom. The van der Waals surface area contributed by atoms with Crippen LogP contribution in [0.1, 0.15) is 39.0 Å². The summed E-state index contributed by atoms with van der Waals surface area (Å²) in [5.41, 5.74) is 0.796. The van der Waals surface area contributed by atoms with Crippen molar-refractivity contribution < 1.29 is 14.4 Å². The van der Waals surface area contributed by atoms with E-state index in [1.165, 1.54) is 0 Å². The summed E-state index contributed by atoms with van der Waals surface area (Å²) in [6, 6.07) is 3.48. The Kier molecular flexibility index (Phi) is 6.87. The number of nitrogens with zero attached hydrogens (tertiary/aromatic N) is 3. The zero-order valence-electron chi connectivity index (χ0n) is 14.1. The molecule has 2 aromatic rings. The smallest absolute Gasteiger partial charge is 0.226 e. The van der Waals surface area contributed by atoms with Crippen molar-refractivity contribution in [3.05, 3.63) is 30.4 Å². The van der Waals surface area contributed by atoms with E-state index in [0.717, 1.165) is 12.0 Å². The van der Waals surface area contributed by atoms with Gasteiger partial charge in [-0.15, -0.1) is 0 Å². The molecule has 0 radical (unpaired) electrons. The van der Waals surface area contributed by atoms with Gasteiger partial charge >= 0.3 is 0 Å². The minimum atomic E-state index is -0.192. The molecular weight excluding hydrogens is 308 g/mol. The van der Waals surface area contributed by atoms with Crippen molar-refractivity contribution in [1.82, 2.24) is 20.4 Å². The van der Waals surface area contributed by atoms with E-state index < -0.39 is 0 Å². The van der Waals surface area contributed by atoms with Gasteiger partial charge in [0.05, 0.1) is 12.6 Å². The molecule has 7 heteroatoms. The van der Waals surface area contributed by atoms with E-state index >= 15 is 0 Å². The molecule has 0 spiro atoms. The summed E-state index contributed by atoms with van der Waals surface area (Å²) in [6.07, 6.45) is 5.77. The van der Waals surface area contributed by atoms with Crippen LogP contribution in [-0.2, 0) is 11.2 Å². The van der Waals surface area contributed by atoms with Crippen LogP contribution in [0.4, 0.5) is 0 Å². The largest absolute Gasteiger partial charge is 0.394 e. The number of hydrogen-bond acceptors (Lipinski definition) is 6. The molecule has 2 rings (SSSR count). The third kappa shape index (κ3) is 5.13. The molecule has 2 aromatic heterocycles. The molecule has 1 amide bonds. The summed E-state index contributed by atoms with van der Waals surface area (Å²) in [4.78, 5) is 20.3. The normalized spacial score (nSPS) is 13.5. The Hall–Kier alpha value is -2.28. The Bertz CT molecular complexity index is 630. The van der Waals surface area contributed by atoms with E-state index in [4.69, 9.17) is 4.52 Å². The molecule has 2 heterocycles. The lowest BCUT2D eigenvalue weighted by atomic mass is 10.00. The van der Waals surface area contributed by atoms with Gasteiger partial charge in [-0.05, 0) is 24.5 Å². The van der Waals surface area contributed by atoms with Crippen LogP contribution in [0.3, 0.4) is 0 Å². The highest BCUT2D eigenvalue weighted by molar-refractivity contribution is 5.76. The lowest BCUT2D eigenvalue weighted by Crippen LogP contribution is -2.41. The van der Waals surface area contributed by atoms with Crippen LogP contribution in [0.15, 0.2) is 29.0 Å². The van der Waals surface area contributed by atoms with E-state index in [2.05, 4.69) is 20.4 Å². The van der Waals surface area contributed by atoms with E-state index in [9.17, 15) is 9.90 Å². The molecule has 0 bridgehead atoms. The Balaban J connectivity index is 1.78. The molecule has 2 atom stereocenters. The number of aliphatic hydroxyl groups is 1. The van der Waals surface area contributed by atoms with Crippen LogP contribution >= 0.6 is 0 Å². The molecule has 0 aliphatic rings. The molecule has 0 aliphatic heterocycles. The minimum Gasteiger partial charge on any atom is -0.394 e. The highest BCUT2D eigenvalue weighted by Gasteiger charge is 2.17. The van der Waals surface area contributed by atoms with Crippen molar-refractivity contribution in [2.24, 2.45) is 5.92 Å². The summed E-state index contributed by atoms with van der Waals surface area (Å²) < 4.78 is 5.20. The van der Waals surface area contributed by atoms with Crippen LogP contribution in [0.2, 0.25) is 0 Å². The lowest BCUT2D eigenvalue weighted by Gasteiger charge is -2.22. The highest BCUT2D eigenvalue weighted by atomic mass is 16.5. The van der Waals surface area contributed by atoms with Gasteiger partial charge in [-0.3, -0.25) is 9.78 Å². The minimum absolute atomic E-state index is 0.0428. The number of rotatable bonds is 9. The quantitative estimate of drug-likeness (QED) is 0.728. The molecule has 24 heavy (non-hydrogen) atoms. The highest BCUT2D eigenvalue weighted by Crippen LogP contribution is 2.14. The van der Waals surface area contributed by atoms with Crippen molar-refractivity contribution in [3.8, 4) is 11.4 Å². The number of carbonyl (C=O) groups is 1. The zero-order chi connectivity index (χ0) is 17.4. The molecular formula is C17H24N4O3. The van der Waals surface area contributed by atoms with Gasteiger partial charge in [-0.25, -0.2) is 0 Å². The predicted octanol–water partition coefficient (Wildman–Crippen LogP) is 1.98. The zero-order valence-corrected chi connectivity index (χ0v) is 14.1. The fraction of sp³-hybridized carbons (Fsp3) is 0.529. The number of amides is 1. The van der Waals surface area contributed by atoms with E-state index in [1.54, 1.807) is 12.4 Å². The average Bonchev–Trinajstić information content (AvgIpc) is 3.08. The number of nitrogens with one attached hydrogen (secondary N) is 1. The van der Waals surface area contributed by atoms with Gasteiger partial charge in [0.1, 0.15) is 0 Å². The molecule has 0 aromatic carbocycles. The summed E-state index contributed by atoms with van der Waals surface area (Å²) in [6.45, 7) is 4.01. The standard InChI is InChI=1S/C17H24N4O3/c1-3-12(2)14(11-22)19-15(23)7-4-8-16-20-17(21-24-16)13-6-5-9-18-10-13/h5-6,9-10,12,14,22H,3-4,7-8,11H2,1-2H3,(H,19,23)/t12-,14+/m1/s1. The number of pyridine rings is 1. The third-order valence-electron chi connectivity index (χ3n) is 4.06. The summed E-state index contributed by atoms with van der Waals surface area (Å²) in [5.74, 6) is 1.18. The van der Waals surface area contributed by atoms with Crippen molar-refractivity contribution in [2.45, 2.75) is 45.6 Å². The number of aromatic nitrogens is 3. The van der Waals surface area contributed by atoms with E-state index in [-0.39, 0.29) is 24.5 Å². The molecule has 0 saturated carbocycles. The fourth-order valence-corrected chi connectivity index (χ4v) is 2.30. The summed E-state index contributed by atoms with van der Waals surface area (Å²) >= 11 is 0. The van der Waals surface area contributed by atoms with Crippen molar-refractivity contribution in [3.63, 3.8) is 0 Å². The fourth-order valence-electron chi connectivity index (χ4n) is 2.30. The second-order valence-corrected chi connectivity index (χ2v) is 5.85. The molecule has 0 aliphatic carbocycles. The monoisotopic (exact) mass is 332 g/mol. The first-order valence-electron chi connectivity index (χ1n) is 8.27. The molecule has 7 nitrogen and oxygen atoms in total. The summed E-state index contributed by atoms with van der Waals surface area (Å²) in [5, 5.41) is 16.1. The number of aliphatic hydroxyl groups excluding tert-OH is 1. The van der Waals surface area contributed by atoms with Gasteiger partial charge in [0.2, 0.25) is 17.6 Å². The van der Waals surface area contributed by atoms with Gasteiger partial charge in [0.25, 0.3) is 0 Å². The molecule has 0 fully saturated rings. The molecule has 0 unspecified atom stereocenters. The van der Waals surface area contributed by atoms with Crippen LogP contribution in [0.5, 0.6) is 0 Å². The average molecular weight is 332 g/mol. The number of hydrogen-bond donors (Lipinski definition) is 2. The maximum atomic E-state index is 12.0. The maximum Gasteiger partial charge on any atom is 0.226 e. The Morgan fingerprint density at radius 2 is 2.29 bits per heavy atom. The topological polar surface area (TPSA) is 101 Å². The first kappa shape index (κ1) is 18.1. The Morgan fingerprint density at radius 1 is 1.46 bits per heavy atom. The van der Waals surface area contributed by atoms with Crippen LogP contribution < -0.4 is 5.32 Å². The second-order valence-electron chi connectivity index (χ2n) is 5.85. The SMILES string of the molecule is CC[C@@H](C)[C@H](CO)NC(=O)CCCc1nc(-c2cccnc2)no1. The lowest BCUT2D eigenvalue weighted by molar-refractivity contribution is -0.122. The van der Waals surface area contributed by atoms with Gasteiger partial charge in [0, 0.05) is 30.8 Å². The van der Waals surface area contributed by atoms with Gasteiger partial charge in [-0.2, -0.15) is 4.98 Å². The number of carbonyl (C=O) groups excluding carboxylic acids is 1. The molecule has 0 saturated heterocycles. The van der Waals surface area contributed by atoms with Crippen molar-refractivity contribution in [2.75, 3.05) is 6.61 Å². The second kappa shape index (κ2) is 9.12. The van der Waals surface area contributed by atoms with Gasteiger partial charge in [-0.1, -0.05) is 25.4 Å². The summed E-state index contributed by atoms with van der Waals surface area (Å²) in [7, 11) is 0. The van der Waals surface area contributed by atoms with Crippen LogP contribution in [0.25, 0.3) is 11.4 Å². The molecule has 2 N–H and O–H groups in total. The first-order valence-corrected chi connectivity index (χ1v) is 8.27.